The van der Waals surface area contributed by atoms with Crippen molar-refractivity contribution < 1.29 is 14.3 Å². The van der Waals surface area contributed by atoms with Crippen molar-refractivity contribution in [3.05, 3.63) is 18.2 Å². The van der Waals surface area contributed by atoms with Gasteiger partial charge in [0.25, 0.3) is 0 Å². The Hall–Kier alpha value is -2.15. The first-order valence-electron chi connectivity index (χ1n) is 8.42. The molecule has 1 fully saturated rings. The van der Waals surface area contributed by atoms with Crippen molar-refractivity contribution in [3.8, 4) is 5.75 Å². The highest BCUT2D eigenvalue weighted by Crippen LogP contribution is 2.31. The zero-order valence-electron chi connectivity index (χ0n) is 15.0. The van der Waals surface area contributed by atoms with E-state index in [1.165, 1.54) is 11.3 Å². The molecule has 6 nitrogen and oxygen atoms in total. The van der Waals surface area contributed by atoms with Gasteiger partial charge in [0, 0.05) is 18.5 Å². The number of anilines is 1. The number of hydrogen-bond acceptors (Lipinski definition) is 5. The van der Waals surface area contributed by atoms with Crippen molar-refractivity contribution in [3.63, 3.8) is 0 Å². The van der Waals surface area contributed by atoms with E-state index in [-0.39, 0.29) is 29.7 Å². The van der Waals surface area contributed by atoms with Crippen LogP contribution in [-0.2, 0) is 9.59 Å². The summed E-state index contributed by atoms with van der Waals surface area (Å²) in [5.41, 5.74) is 0.556. The van der Waals surface area contributed by atoms with Crippen LogP contribution < -0.4 is 10.1 Å². The van der Waals surface area contributed by atoms with Gasteiger partial charge in [-0.1, -0.05) is 11.3 Å². The van der Waals surface area contributed by atoms with E-state index in [1.54, 1.807) is 4.90 Å². The number of aromatic nitrogens is 1. The summed E-state index contributed by atoms with van der Waals surface area (Å²) in [7, 11) is 0. The van der Waals surface area contributed by atoms with Crippen LogP contribution in [0.1, 0.15) is 34.1 Å². The molecule has 0 spiro atoms. The zero-order chi connectivity index (χ0) is 18.2. The second-order valence-corrected chi connectivity index (χ2v) is 8.18. The van der Waals surface area contributed by atoms with Crippen LogP contribution in [-0.4, -0.2) is 40.4 Å². The van der Waals surface area contributed by atoms with Gasteiger partial charge in [0.1, 0.15) is 5.75 Å². The number of ether oxygens (including phenoxy) is 1. The highest BCUT2D eigenvalue weighted by Gasteiger charge is 2.39. The second-order valence-electron chi connectivity index (χ2n) is 7.15. The molecule has 134 valence electrons. The quantitative estimate of drug-likeness (QED) is 0.907. The maximum atomic E-state index is 12.5. The van der Waals surface area contributed by atoms with E-state index < -0.39 is 0 Å². The lowest BCUT2D eigenvalue weighted by atomic mass is 10.1. The number of likely N-dealkylation sites (tertiary alicyclic amines) is 1. The van der Waals surface area contributed by atoms with Crippen molar-refractivity contribution >= 4 is 38.5 Å². The summed E-state index contributed by atoms with van der Waals surface area (Å²) >= 11 is 1.41. The smallest absolute Gasteiger partial charge is 0.231 e. The SMILES string of the molecule is CCOc1ccc2nc(NC(=O)[C@@H]3CC(=O)N(C(C)(C)C)C3)sc2c1. The predicted molar refractivity (Wildman–Crippen MR) is 99.0 cm³/mol. The number of rotatable bonds is 4. The first-order valence-corrected chi connectivity index (χ1v) is 9.24. The zero-order valence-corrected chi connectivity index (χ0v) is 15.8. The minimum atomic E-state index is -0.335. The number of nitrogens with zero attached hydrogens (tertiary/aromatic N) is 2. The highest BCUT2D eigenvalue weighted by atomic mass is 32.1. The lowest BCUT2D eigenvalue weighted by Gasteiger charge is -2.31. The van der Waals surface area contributed by atoms with Gasteiger partial charge in [-0.15, -0.1) is 0 Å². The molecule has 1 aromatic heterocycles. The largest absolute Gasteiger partial charge is 0.494 e. The minimum Gasteiger partial charge on any atom is -0.494 e. The number of hydrogen-bond donors (Lipinski definition) is 1. The molecule has 0 aliphatic carbocycles. The molecule has 0 unspecified atom stereocenters. The Morgan fingerprint density at radius 2 is 2.20 bits per heavy atom. The summed E-state index contributed by atoms with van der Waals surface area (Å²) in [6.07, 6.45) is 0.252. The molecule has 7 heteroatoms. The Bertz CT molecular complexity index is 809. The van der Waals surface area contributed by atoms with Crippen molar-refractivity contribution in [1.82, 2.24) is 9.88 Å². The third-order valence-electron chi connectivity index (χ3n) is 4.21. The fourth-order valence-electron chi connectivity index (χ4n) is 2.95. The third kappa shape index (κ3) is 3.76. The van der Waals surface area contributed by atoms with Gasteiger partial charge in [0.15, 0.2) is 5.13 Å². The van der Waals surface area contributed by atoms with Gasteiger partial charge in [0.05, 0.1) is 22.7 Å². The molecule has 1 N–H and O–H groups in total. The van der Waals surface area contributed by atoms with E-state index in [1.807, 2.05) is 45.9 Å². The second kappa shape index (κ2) is 6.63. The van der Waals surface area contributed by atoms with Crippen LogP contribution in [0, 0.1) is 5.92 Å². The van der Waals surface area contributed by atoms with E-state index in [4.69, 9.17) is 4.74 Å². The van der Waals surface area contributed by atoms with E-state index in [2.05, 4.69) is 10.3 Å². The topological polar surface area (TPSA) is 71.5 Å². The van der Waals surface area contributed by atoms with E-state index in [0.29, 0.717) is 18.3 Å². The molecular formula is C18H23N3O3S. The molecule has 2 amide bonds. The summed E-state index contributed by atoms with van der Waals surface area (Å²) in [6, 6.07) is 5.67. The lowest BCUT2D eigenvalue weighted by Crippen LogP contribution is -2.42. The number of carbonyl (C=O) groups excluding carboxylic acids is 2. The number of benzene rings is 1. The Morgan fingerprint density at radius 1 is 1.44 bits per heavy atom. The predicted octanol–water partition coefficient (Wildman–Crippen LogP) is 3.28. The molecule has 1 atom stereocenters. The molecule has 3 rings (SSSR count). The monoisotopic (exact) mass is 361 g/mol. The molecule has 2 heterocycles. The number of thiazole rings is 1. The van der Waals surface area contributed by atoms with Crippen LogP contribution in [0.4, 0.5) is 5.13 Å². The molecular weight excluding hydrogens is 338 g/mol. The van der Waals surface area contributed by atoms with Crippen LogP contribution in [0.5, 0.6) is 5.75 Å². The minimum absolute atomic E-state index is 0.0262. The van der Waals surface area contributed by atoms with Crippen molar-refractivity contribution in [2.75, 3.05) is 18.5 Å². The third-order valence-corrected chi connectivity index (χ3v) is 5.14. The normalized spacial score (nSPS) is 18.0. The Morgan fingerprint density at radius 3 is 2.84 bits per heavy atom. The standard InChI is InChI=1S/C18H23N3O3S/c1-5-24-12-6-7-13-14(9-12)25-17(19-13)20-16(23)11-8-15(22)21(10-11)18(2,3)4/h6-7,9,11H,5,8,10H2,1-4H3,(H,19,20,23)/t11-/m1/s1. The van der Waals surface area contributed by atoms with Crippen molar-refractivity contribution in [2.45, 2.75) is 39.7 Å². The van der Waals surface area contributed by atoms with Gasteiger partial charge in [-0.3, -0.25) is 9.59 Å². The summed E-state index contributed by atoms with van der Waals surface area (Å²) in [4.78, 5) is 30.9. The molecule has 1 aliphatic rings. The average Bonchev–Trinajstić information content (AvgIpc) is 3.09. The van der Waals surface area contributed by atoms with Gasteiger partial charge in [0.2, 0.25) is 11.8 Å². The van der Waals surface area contributed by atoms with Crippen LogP contribution in [0.25, 0.3) is 10.2 Å². The van der Waals surface area contributed by atoms with Gasteiger partial charge in [-0.25, -0.2) is 4.98 Å². The first kappa shape index (κ1) is 17.7. The maximum Gasteiger partial charge on any atom is 0.231 e. The Kier molecular flexibility index (Phi) is 4.69. The van der Waals surface area contributed by atoms with Gasteiger partial charge in [-0.05, 0) is 45.9 Å². The molecule has 0 bridgehead atoms. The summed E-state index contributed by atoms with van der Waals surface area (Å²) in [5, 5.41) is 3.42. The molecule has 2 aromatic rings. The summed E-state index contributed by atoms with van der Waals surface area (Å²) in [6.45, 7) is 8.94. The fourth-order valence-corrected chi connectivity index (χ4v) is 3.85. The van der Waals surface area contributed by atoms with Crippen molar-refractivity contribution in [1.29, 1.82) is 0 Å². The fraction of sp³-hybridized carbons (Fsp3) is 0.500. The number of carbonyl (C=O) groups is 2. The molecule has 0 saturated carbocycles. The highest BCUT2D eigenvalue weighted by molar-refractivity contribution is 7.22. The van der Waals surface area contributed by atoms with E-state index in [9.17, 15) is 9.59 Å². The van der Waals surface area contributed by atoms with E-state index in [0.717, 1.165) is 16.0 Å². The summed E-state index contributed by atoms with van der Waals surface area (Å²) < 4.78 is 6.45. The maximum absolute atomic E-state index is 12.5. The molecule has 25 heavy (non-hydrogen) atoms. The Labute approximate surface area is 151 Å². The number of amides is 2. The number of fused-ring (bicyclic) bond motifs is 1. The van der Waals surface area contributed by atoms with Crippen LogP contribution in [0.3, 0.4) is 0 Å². The molecule has 0 radical (unpaired) electrons. The Balaban J connectivity index is 1.71. The van der Waals surface area contributed by atoms with Gasteiger partial charge in [-0.2, -0.15) is 0 Å². The van der Waals surface area contributed by atoms with Crippen LogP contribution in [0.15, 0.2) is 18.2 Å². The van der Waals surface area contributed by atoms with Gasteiger partial charge >= 0.3 is 0 Å². The molecule has 1 aliphatic heterocycles. The van der Waals surface area contributed by atoms with E-state index >= 15 is 0 Å². The average molecular weight is 361 g/mol. The van der Waals surface area contributed by atoms with Gasteiger partial charge < -0.3 is 15.0 Å². The van der Waals surface area contributed by atoms with Crippen LogP contribution >= 0.6 is 11.3 Å². The van der Waals surface area contributed by atoms with Crippen molar-refractivity contribution in [2.24, 2.45) is 5.92 Å². The molecule has 1 saturated heterocycles. The first-order chi connectivity index (χ1) is 11.8. The molecule has 1 aromatic carbocycles. The number of nitrogens with one attached hydrogen (secondary N) is 1. The summed E-state index contributed by atoms with van der Waals surface area (Å²) in [5.74, 6) is 0.332. The lowest BCUT2D eigenvalue weighted by molar-refractivity contribution is -0.131. The van der Waals surface area contributed by atoms with Crippen LogP contribution in [0.2, 0.25) is 0 Å².